The fourth-order valence-electron chi connectivity index (χ4n) is 2.37. The van der Waals surface area contributed by atoms with E-state index in [4.69, 9.17) is 0 Å². The maximum Gasteiger partial charge on any atom is 0.147 e. The fraction of sp³-hybridized carbons (Fsp3) is 1.00. The molecule has 0 heterocycles. The van der Waals surface area contributed by atoms with E-state index in [0.717, 1.165) is 18.8 Å². The van der Waals surface area contributed by atoms with Crippen molar-refractivity contribution < 1.29 is 8.42 Å². The first-order valence-electron chi connectivity index (χ1n) is 5.70. The highest BCUT2D eigenvalue weighted by Gasteiger charge is 2.26. The normalized spacial score (nSPS) is 32.9. The molecule has 15 heavy (non-hydrogen) atoms. The highest BCUT2D eigenvalue weighted by atomic mass is 79.9. The molecule has 1 aliphatic rings. The van der Waals surface area contributed by atoms with Crippen LogP contribution in [-0.2, 0) is 9.84 Å². The van der Waals surface area contributed by atoms with Crippen molar-refractivity contribution in [2.45, 2.75) is 43.9 Å². The zero-order valence-corrected chi connectivity index (χ0v) is 12.0. The van der Waals surface area contributed by atoms with Crippen LogP contribution in [0.25, 0.3) is 0 Å². The summed E-state index contributed by atoms with van der Waals surface area (Å²) in [7, 11) is -2.77. The van der Waals surface area contributed by atoms with Gasteiger partial charge in [-0.1, -0.05) is 22.9 Å². The molecule has 1 rings (SSSR count). The van der Waals surface area contributed by atoms with Crippen LogP contribution >= 0.6 is 15.9 Å². The Morgan fingerprint density at radius 2 is 2.00 bits per heavy atom. The molecule has 0 aromatic carbocycles. The molecule has 0 aromatic rings. The first-order valence-corrected chi connectivity index (χ1v) is 8.68. The van der Waals surface area contributed by atoms with Crippen LogP contribution in [0.2, 0.25) is 0 Å². The van der Waals surface area contributed by atoms with E-state index in [2.05, 4.69) is 22.9 Å². The molecule has 3 unspecified atom stereocenters. The van der Waals surface area contributed by atoms with Crippen LogP contribution in [-0.4, -0.2) is 25.3 Å². The van der Waals surface area contributed by atoms with Crippen LogP contribution in [0.1, 0.15) is 39.0 Å². The van der Waals surface area contributed by atoms with E-state index < -0.39 is 9.84 Å². The summed E-state index contributed by atoms with van der Waals surface area (Å²) in [6.45, 7) is 2.29. The number of rotatable bonds is 4. The predicted octanol–water partition coefficient (Wildman–Crippen LogP) is 3.01. The van der Waals surface area contributed by atoms with Gasteiger partial charge in [-0.3, -0.25) is 0 Å². The first kappa shape index (κ1) is 13.5. The van der Waals surface area contributed by atoms with Crippen LogP contribution in [0.15, 0.2) is 0 Å². The third kappa shape index (κ3) is 5.34. The van der Waals surface area contributed by atoms with E-state index in [0.29, 0.717) is 16.5 Å². The van der Waals surface area contributed by atoms with Crippen LogP contribution in [0.5, 0.6) is 0 Å². The number of sulfone groups is 1. The van der Waals surface area contributed by atoms with Gasteiger partial charge in [0.05, 0.1) is 0 Å². The average molecular weight is 297 g/mol. The SMILES string of the molecule is CC1CCC(Br)C(CCCS(C)(=O)=O)C1. The maximum atomic E-state index is 11.0. The largest absolute Gasteiger partial charge is 0.229 e. The Labute approximate surface area is 102 Å². The average Bonchev–Trinajstić information content (AvgIpc) is 2.09. The molecule has 0 radical (unpaired) electrons. The second-order valence-electron chi connectivity index (χ2n) is 4.97. The minimum absolute atomic E-state index is 0.345. The Bertz CT molecular complexity index is 287. The summed E-state index contributed by atoms with van der Waals surface area (Å²) in [5.74, 6) is 1.83. The van der Waals surface area contributed by atoms with Gasteiger partial charge in [0.1, 0.15) is 9.84 Å². The van der Waals surface area contributed by atoms with Crippen molar-refractivity contribution in [3.05, 3.63) is 0 Å². The van der Waals surface area contributed by atoms with Crippen molar-refractivity contribution in [1.29, 1.82) is 0 Å². The van der Waals surface area contributed by atoms with Gasteiger partial charge >= 0.3 is 0 Å². The molecule has 0 aromatic heterocycles. The fourth-order valence-corrected chi connectivity index (χ4v) is 3.80. The lowest BCUT2D eigenvalue weighted by Crippen LogP contribution is -2.24. The quantitative estimate of drug-likeness (QED) is 0.748. The van der Waals surface area contributed by atoms with Gasteiger partial charge in [0, 0.05) is 16.8 Å². The number of hydrogen-bond acceptors (Lipinski definition) is 2. The molecule has 0 bridgehead atoms. The van der Waals surface area contributed by atoms with Gasteiger partial charge in [-0.25, -0.2) is 8.42 Å². The molecule has 0 aliphatic heterocycles. The maximum absolute atomic E-state index is 11.0. The molecule has 4 heteroatoms. The molecule has 90 valence electrons. The first-order chi connectivity index (χ1) is 6.88. The van der Waals surface area contributed by atoms with Crippen LogP contribution in [0, 0.1) is 11.8 Å². The molecule has 1 aliphatic carbocycles. The summed E-state index contributed by atoms with van der Waals surface area (Å²) in [5, 5.41) is 0. The van der Waals surface area contributed by atoms with E-state index in [-0.39, 0.29) is 0 Å². The van der Waals surface area contributed by atoms with Gasteiger partial charge in [-0.2, -0.15) is 0 Å². The van der Waals surface area contributed by atoms with Gasteiger partial charge in [0.25, 0.3) is 0 Å². The molecule has 0 N–H and O–H groups in total. The van der Waals surface area contributed by atoms with Crippen molar-refractivity contribution in [3.63, 3.8) is 0 Å². The van der Waals surface area contributed by atoms with Crippen molar-refractivity contribution in [3.8, 4) is 0 Å². The second kappa shape index (κ2) is 5.67. The molecule has 0 spiro atoms. The predicted molar refractivity (Wildman–Crippen MR) is 68.2 cm³/mol. The van der Waals surface area contributed by atoms with Gasteiger partial charge in [-0.15, -0.1) is 0 Å². The molecule has 2 nitrogen and oxygen atoms in total. The van der Waals surface area contributed by atoms with Crippen molar-refractivity contribution in [2.24, 2.45) is 11.8 Å². The Kier molecular flexibility index (Phi) is 5.10. The monoisotopic (exact) mass is 296 g/mol. The summed E-state index contributed by atoms with van der Waals surface area (Å²) in [4.78, 5) is 0.605. The summed E-state index contributed by atoms with van der Waals surface area (Å²) in [5.41, 5.74) is 0. The highest BCUT2D eigenvalue weighted by Crippen LogP contribution is 2.36. The van der Waals surface area contributed by atoms with Gasteiger partial charge in [0.15, 0.2) is 0 Å². The smallest absolute Gasteiger partial charge is 0.147 e. The standard InChI is InChI=1S/C11H21BrO2S/c1-9-5-6-11(12)10(8-9)4-3-7-15(2,13)14/h9-11H,3-8H2,1-2H3. The molecule has 0 saturated heterocycles. The minimum Gasteiger partial charge on any atom is -0.229 e. The van der Waals surface area contributed by atoms with E-state index in [1.807, 2.05) is 0 Å². The molecule has 0 amide bonds. The summed E-state index contributed by atoms with van der Waals surface area (Å²) >= 11 is 3.71. The Hall–Kier alpha value is 0.430. The van der Waals surface area contributed by atoms with E-state index in [1.165, 1.54) is 25.5 Å². The number of hydrogen-bond donors (Lipinski definition) is 0. The third-order valence-corrected chi connectivity index (χ3v) is 5.48. The Morgan fingerprint density at radius 3 is 2.60 bits per heavy atom. The van der Waals surface area contributed by atoms with Gasteiger partial charge in [0.2, 0.25) is 0 Å². The highest BCUT2D eigenvalue weighted by molar-refractivity contribution is 9.09. The lowest BCUT2D eigenvalue weighted by Gasteiger charge is -2.31. The number of alkyl halides is 1. The molecular weight excluding hydrogens is 276 g/mol. The second-order valence-corrected chi connectivity index (χ2v) is 8.40. The van der Waals surface area contributed by atoms with Gasteiger partial charge in [-0.05, 0) is 43.9 Å². The zero-order chi connectivity index (χ0) is 11.5. The topological polar surface area (TPSA) is 34.1 Å². The molecule has 3 atom stereocenters. The molecule has 1 fully saturated rings. The minimum atomic E-state index is -2.77. The van der Waals surface area contributed by atoms with E-state index in [9.17, 15) is 8.42 Å². The molecular formula is C11H21BrO2S. The summed E-state index contributed by atoms with van der Waals surface area (Å²) < 4.78 is 22.0. The van der Waals surface area contributed by atoms with Crippen LogP contribution < -0.4 is 0 Å². The van der Waals surface area contributed by atoms with Crippen LogP contribution in [0.4, 0.5) is 0 Å². The lowest BCUT2D eigenvalue weighted by molar-refractivity contribution is 0.281. The Balaban J connectivity index is 2.30. The summed E-state index contributed by atoms with van der Waals surface area (Å²) in [6, 6.07) is 0. The Morgan fingerprint density at radius 1 is 1.33 bits per heavy atom. The molecule has 1 saturated carbocycles. The number of halogens is 1. The van der Waals surface area contributed by atoms with Crippen LogP contribution in [0.3, 0.4) is 0 Å². The van der Waals surface area contributed by atoms with Gasteiger partial charge < -0.3 is 0 Å². The van der Waals surface area contributed by atoms with Crippen molar-refractivity contribution >= 4 is 25.8 Å². The summed E-state index contributed by atoms with van der Waals surface area (Å²) in [6.07, 6.45) is 6.98. The van der Waals surface area contributed by atoms with Crippen molar-refractivity contribution in [1.82, 2.24) is 0 Å². The third-order valence-electron chi connectivity index (χ3n) is 3.24. The lowest BCUT2D eigenvalue weighted by atomic mass is 9.80. The zero-order valence-electron chi connectivity index (χ0n) is 9.58. The van der Waals surface area contributed by atoms with E-state index >= 15 is 0 Å². The van der Waals surface area contributed by atoms with E-state index in [1.54, 1.807) is 0 Å². The van der Waals surface area contributed by atoms with Crippen molar-refractivity contribution in [2.75, 3.05) is 12.0 Å².